The van der Waals surface area contributed by atoms with Crippen LogP contribution in [0.1, 0.15) is 10.4 Å². The normalized spacial score (nSPS) is 14.9. The Labute approximate surface area is 176 Å². The molecule has 5 nitrogen and oxygen atoms in total. The molecule has 0 atom stereocenters. The Hall–Kier alpha value is -1.60. The molecule has 0 saturated carbocycles. The molecule has 0 unspecified atom stereocenters. The van der Waals surface area contributed by atoms with Crippen molar-refractivity contribution in [1.82, 2.24) is 9.80 Å². The van der Waals surface area contributed by atoms with Crippen molar-refractivity contribution in [2.45, 2.75) is 0 Å². The minimum absolute atomic E-state index is 0.0901. The summed E-state index contributed by atoms with van der Waals surface area (Å²) >= 11 is 15.6. The molecule has 1 fully saturated rings. The van der Waals surface area contributed by atoms with Crippen LogP contribution < -0.4 is 5.32 Å². The van der Waals surface area contributed by atoms with Gasteiger partial charge < -0.3 is 10.2 Å². The number of benzene rings is 2. The van der Waals surface area contributed by atoms with Crippen molar-refractivity contribution in [3.63, 3.8) is 0 Å². The molecule has 1 heterocycles. The van der Waals surface area contributed by atoms with E-state index < -0.39 is 0 Å². The van der Waals surface area contributed by atoms with Crippen molar-refractivity contribution in [1.29, 1.82) is 0 Å². The maximum absolute atomic E-state index is 12.7. The van der Waals surface area contributed by atoms with E-state index in [1.165, 1.54) is 0 Å². The van der Waals surface area contributed by atoms with Gasteiger partial charge in [0, 0.05) is 30.7 Å². The van der Waals surface area contributed by atoms with E-state index in [0.29, 0.717) is 47.5 Å². The molecule has 1 aliphatic rings. The van der Waals surface area contributed by atoms with Gasteiger partial charge in [0.05, 0.1) is 27.8 Å². The highest BCUT2D eigenvalue weighted by Crippen LogP contribution is 2.23. The first kappa shape index (κ1) is 20.1. The third kappa shape index (κ3) is 5.23. The molecule has 2 aromatic rings. The van der Waals surface area contributed by atoms with Crippen molar-refractivity contribution in [2.75, 3.05) is 38.0 Å². The first-order valence-corrected chi connectivity index (χ1v) is 10.00. The molecular formula is C19H18BrCl2N3O2. The monoisotopic (exact) mass is 469 g/mol. The van der Waals surface area contributed by atoms with Gasteiger partial charge in [0.25, 0.3) is 5.91 Å². The third-order valence-corrected chi connectivity index (χ3v) is 5.47. The van der Waals surface area contributed by atoms with Crippen molar-refractivity contribution in [2.24, 2.45) is 0 Å². The summed E-state index contributed by atoms with van der Waals surface area (Å²) in [5.74, 6) is -0.216. The van der Waals surface area contributed by atoms with Crippen LogP contribution in [-0.2, 0) is 4.79 Å². The number of nitrogens with zero attached hydrogens (tertiary/aromatic N) is 2. The summed E-state index contributed by atoms with van der Waals surface area (Å²) in [7, 11) is 0. The quantitative estimate of drug-likeness (QED) is 0.730. The number of carbonyl (C=O) groups is 2. The molecule has 1 saturated heterocycles. The van der Waals surface area contributed by atoms with Gasteiger partial charge in [0.2, 0.25) is 5.91 Å². The molecule has 0 aliphatic carbocycles. The lowest BCUT2D eigenvalue weighted by Crippen LogP contribution is -2.50. The topological polar surface area (TPSA) is 52.7 Å². The van der Waals surface area contributed by atoms with Gasteiger partial charge in [-0.25, -0.2) is 0 Å². The van der Waals surface area contributed by atoms with E-state index in [-0.39, 0.29) is 18.4 Å². The van der Waals surface area contributed by atoms with E-state index in [9.17, 15) is 9.59 Å². The molecule has 1 aliphatic heterocycles. The van der Waals surface area contributed by atoms with Crippen LogP contribution in [0.2, 0.25) is 10.0 Å². The zero-order valence-corrected chi connectivity index (χ0v) is 17.5. The predicted molar refractivity (Wildman–Crippen MR) is 112 cm³/mol. The van der Waals surface area contributed by atoms with Crippen molar-refractivity contribution in [3.05, 3.63) is 62.5 Å². The molecule has 3 rings (SSSR count). The average molecular weight is 471 g/mol. The summed E-state index contributed by atoms with van der Waals surface area (Å²) in [6.45, 7) is 2.59. The number of para-hydroxylation sites is 1. The third-order valence-electron chi connectivity index (χ3n) is 4.34. The van der Waals surface area contributed by atoms with Gasteiger partial charge in [-0.05, 0) is 30.3 Å². The summed E-state index contributed by atoms with van der Waals surface area (Å²) in [5.41, 5.74) is 1.09. The number of nitrogens with one attached hydrogen (secondary N) is 1. The van der Waals surface area contributed by atoms with Gasteiger partial charge in [-0.1, -0.05) is 51.3 Å². The molecule has 1 N–H and O–H groups in total. The van der Waals surface area contributed by atoms with E-state index in [1.54, 1.807) is 35.2 Å². The van der Waals surface area contributed by atoms with E-state index >= 15 is 0 Å². The zero-order valence-electron chi connectivity index (χ0n) is 14.4. The van der Waals surface area contributed by atoms with Crippen molar-refractivity contribution < 1.29 is 9.59 Å². The number of hydrogen-bond acceptors (Lipinski definition) is 3. The van der Waals surface area contributed by atoms with Gasteiger partial charge in [0.15, 0.2) is 0 Å². The first-order valence-electron chi connectivity index (χ1n) is 8.45. The van der Waals surface area contributed by atoms with E-state index in [2.05, 4.69) is 21.2 Å². The fraction of sp³-hybridized carbons (Fsp3) is 0.263. The summed E-state index contributed by atoms with van der Waals surface area (Å²) in [6.07, 6.45) is 0. The predicted octanol–water partition coefficient (Wildman–Crippen LogP) is 4.15. The molecule has 0 spiro atoms. The Kier molecular flexibility index (Phi) is 6.76. The lowest BCUT2D eigenvalue weighted by atomic mass is 10.2. The van der Waals surface area contributed by atoms with E-state index in [4.69, 9.17) is 23.2 Å². The molecular weight excluding hydrogens is 453 g/mol. The Morgan fingerprint density at radius 1 is 1.00 bits per heavy atom. The lowest BCUT2D eigenvalue weighted by Gasteiger charge is -2.34. The molecule has 2 amide bonds. The minimum atomic E-state index is -0.126. The largest absolute Gasteiger partial charge is 0.336 e. The Morgan fingerprint density at radius 3 is 2.37 bits per heavy atom. The Morgan fingerprint density at radius 2 is 1.70 bits per heavy atom. The van der Waals surface area contributed by atoms with Crippen molar-refractivity contribution in [3.8, 4) is 0 Å². The number of amides is 2. The number of anilines is 1. The van der Waals surface area contributed by atoms with Gasteiger partial charge in [-0.2, -0.15) is 0 Å². The van der Waals surface area contributed by atoms with E-state index in [0.717, 1.165) is 4.47 Å². The fourth-order valence-electron chi connectivity index (χ4n) is 2.90. The number of carbonyl (C=O) groups excluding carboxylic acids is 2. The van der Waals surface area contributed by atoms with Gasteiger partial charge in [-0.15, -0.1) is 0 Å². The highest BCUT2D eigenvalue weighted by atomic mass is 79.9. The fourth-order valence-corrected chi connectivity index (χ4v) is 3.83. The number of piperazine rings is 1. The summed E-state index contributed by atoms with van der Waals surface area (Å²) < 4.78 is 0.832. The van der Waals surface area contributed by atoms with Crippen molar-refractivity contribution >= 4 is 56.6 Å². The second kappa shape index (κ2) is 9.06. The van der Waals surface area contributed by atoms with Crippen LogP contribution in [0.5, 0.6) is 0 Å². The number of hydrogen-bond donors (Lipinski definition) is 1. The van der Waals surface area contributed by atoms with Crippen LogP contribution in [-0.4, -0.2) is 54.3 Å². The van der Waals surface area contributed by atoms with Crippen LogP contribution in [0.3, 0.4) is 0 Å². The average Bonchev–Trinajstić information content (AvgIpc) is 2.64. The van der Waals surface area contributed by atoms with Crippen LogP contribution in [0.15, 0.2) is 46.9 Å². The second-order valence-corrected chi connectivity index (χ2v) is 7.95. The van der Waals surface area contributed by atoms with Gasteiger partial charge in [0.1, 0.15) is 0 Å². The molecule has 2 aromatic carbocycles. The Bertz CT molecular complexity index is 855. The maximum atomic E-state index is 12.7. The SMILES string of the molecule is O=C(CN1CCN(C(=O)c2ccc(Br)cc2Cl)CC1)Nc1ccccc1Cl. The number of halogens is 3. The summed E-state index contributed by atoms with van der Waals surface area (Å²) in [4.78, 5) is 28.7. The molecule has 0 bridgehead atoms. The van der Waals surface area contributed by atoms with Crippen LogP contribution in [0.25, 0.3) is 0 Å². The first-order chi connectivity index (χ1) is 12.9. The highest BCUT2D eigenvalue weighted by Gasteiger charge is 2.24. The van der Waals surface area contributed by atoms with Gasteiger partial charge in [-0.3, -0.25) is 14.5 Å². The highest BCUT2D eigenvalue weighted by molar-refractivity contribution is 9.10. The lowest BCUT2D eigenvalue weighted by molar-refractivity contribution is -0.117. The minimum Gasteiger partial charge on any atom is -0.336 e. The van der Waals surface area contributed by atoms with Crippen LogP contribution >= 0.6 is 39.1 Å². The number of rotatable bonds is 4. The summed E-state index contributed by atoms with van der Waals surface area (Å²) in [5, 5.41) is 3.75. The zero-order chi connectivity index (χ0) is 19.4. The molecule has 0 radical (unpaired) electrons. The van der Waals surface area contributed by atoms with Crippen LogP contribution in [0.4, 0.5) is 5.69 Å². The smallest absolute Gasteiger partial charge is 0.255 e. The van der Waals surface area contributed by atoms with Crippen LogP contribution in [0, 0.1) is 0 Å². The molecule has 27 heavy (non-hydrogen) atoms. The van der Waals surface area contributed by atoms with E-state index in [1.807, 2.05) is 17.0 Å². The van der Waals surface area contributed by atoms with Gasteiger partial charge >= 0.3 is 0 Å². The second-order valence-electron chi connectivity index (χ2n) is 6.22. The standard InChI is InChI=1S/C19H18BrCl2N3O2/c20-13-5-6-14(16(22)11-13)19(27)25-9-7-24(8-10-25)12-18(26)23-17-4-2-1-3-15(17)21/h1-6,11H,7-10,12H2,(H,23,26). The molecule has 8 heteroatoms. The Balaban J connectivity index is 1.52. The maximum Gasteiger partial charge on any atom is 0.255 e. The molecule has 0 aromatic heterocycles. The summed E-state index contributed by atoms with van der Waals surface area (Å²) in [6, 6.07) is 12.4. The molecule has 142 valence electrons.